The fraction of sp³-hybridized carbons (Fsp3) is 1.00. The Hall–Kier alpha value is 0.560. The second kappa shape index (κ2) is 6.12. The van der Waals surface area contributed by atoms with Gasteiger partial charge < -0.3 is 10.8 Å². The highest BCUT2D eigenvalue weighted by Crippen LogP contribution is 2.11. The number of rotatable bonds is 4. The summed E-state index contributed by atoms with van der Waals surface area (Å²) in [5.41, 5.74) is 4.95. The topological polar surface area (TPSA) is 46.2 Å². The molecule has 11 heavy (non-hydrogen) atoms. The molecule has 0 aliphatic carbocycles. The summed E-state index contributed by atoms with van der Waals surface area (Å²) in [6, 6.07) is -0.0973. The van der Waals surface area contributed by atoms with Crippen LogP contribution >= 0.6 is 24.2 Å². The van der Waals surface area contributed by atoms with E-state index in [0.717, 1.165) is 12.2 Å². The van der Waals surface area contributed by atoms with Crippen molar-refractivity contribution in [2.24, 2.45) is 5.73 Å². The minimum atomic E-state index is -0.726. The van der Waals surface area contributed by atoms with Gasteiger partial charge in [-0.05, 0) is 32.3 Å². The highest BCUT2D eigenvalue weighted by Gasteiger charge is 2.21. The van der Waals surface area contributed by atoms with Crippen LogP contribution in [0.5, 0.6) is 0 Å². The van der Waals surface area contributed by atoms with E-state index in [1.807, 2.05) is 6.26 Å². The van der Waals surface area contributed by atoms with Crippen LogP contribution in [0.4, 0.5) is 0 Å². The van der Waals surface area contributed by atoms with E-state index in [0.29, 0.717) is 0 Å². The summed E-state index contributed by atoms with van der Waals surface area (Å²) in [5, 5.41) is 9.38. The Balaban J connectivity index is 0. The monoisotopic (exact) mass is 199 g/mol. The maximum Gasteiger partial charge on any atom is 0.0742 e. The molecule has 0 aliphatic heterocycles. The number of hydrogen-bond donors (Lipinski definition) is 2. The number of nitrogens with two attached hydrogens (primary N) is 1. The van der Waals surface area contributed by atoms with Gasteiger partial charge in [0.15, 0.2) is 0 Å². The van der Waals surface area contributed by atoms with E-state index in [2.05, 4.69) is 0 Å². The Kier molecular flexibility index (Phi) is 7.84. The first-order valence-electron chi connectivity index (χ1n) is 3.45. The number of aliphatic hydroxyl groups is 1. The van der Waals surface area contributed by atoms with Gasteiger partial charge in [0.25, 0.3) is 0 Å². The molecule has 2 nitrogen and oxygen atoms in total. The van der Waals surface area contributed by atoms with Crippen molar-refractivity contribution in [1.82, 2.24) is 0 Å². The van der Waals surface area contributed by atoms with E-state index in [9.17, 15) is 5.11 Å². The lowest BCUT2D eigenvalue weighted by molar-refractivity contribution is 0.0512. The Bertz CT molecular complexity index is 94.9. The van der Waals surface area contributed by atoms with E-state index in [1.165, 1.54) is 0 Å². The molecule has 3 N–H and O–H groups in total. The van der Waals surface area contributed by atoms with E-state index < -0.39 is 5.60 Å². The molecule has 0 aliphatic rings. The second-order valence-electron chi connectivity index (χ2n) is 3.04. The fourth-order valence-corrected chi connectivity index (χ4v) is 1.09. The zero-order chi connectivity index (χ0) is 8.20. The van der Waals surface area contributed by atoms with Crippen molar-refractivity contribution in [3.63, 3.8) is 0 Å². The van der Waals surface area contributed by atoms with Gasteiger partial charge in [0.1, 0.15) is 0 Å². The Morgan fingerprint density at radius 2 is 2.00 bits per heavy atom. The molecule has 0 saturated heterocycles. The zero-order valence-corrected chi connectivity index (χ0v) is 8.97. The van der Waals surface area contributed by atoms with Gasteiger partial charge in [-0.15, -0.1) is 12.4 Å². The molecule has 0 bridgehead atoms. The molecule has 0 radical (unpaired) electrons. The normalized spacial score (nSPS) is 13.9. The largest absolute Gasteiger partial charge is 0.389 e. The number of hydrogen-bond acceptors (Lipinski definition) is 3. The third-order valence-electron chi connectivity index (χ3n) is 1.54. The lowest BCUT2D eigenvalue weighted by Crippen LogP contribution is -2.43. The summed E-state index contributed by atoms with van der Waals surface area (Å²) in [5.74, 6) is 1.02. The van der Waals surface area contributed by atoms with Gasteiger partial charge in [0.05, 0.1) is 5.60 Å². The molecule has 70 valence electrons. The van der Waals surface area contributed by atoms with Crippen LogP contribution < -0.4 is 5.73 Å². The van der Waals surface area contributed by atoms with Crippen molar-refractivity contribution in [2.45, 2.75) is 31.9 Å². The predicted octanol–water partition coefficient (Wildman–Crippen LogP) is 1.26. The summed E-state index contributed by atoms with van der Waals surface area (Å²) in [6.45, 7) is 3.50. The summed E-state index contributed by atoms with van der Waals surface area (Å²) < 4.78 is 0. The smallest absolute Gasteiger partial charge is 0.0742 e. The molecule has 0 heterocycles. The molecule has 0 saturated carbocycles. The Morgan fingerprint density at radius 1 is 1.55 bits per heavy atom. The molecule has 0 aromatic rings. The highest BCUT2D eigenvalue weighted by atomic mass is 35.5. The van der Waals surface area contributed by atoms with E-state index in [1.54, 1.807) is 25.6 Å². The predicted molar refractivity (Wildman–Crippen MR) is 54.5 cm³/mol. The van der Waals surface area contributed by atoms with Crippen molar-refractivity contribution in [3.8, 4) is 0 Å². The minimum absolute atomic E-state index is 0. The van der Waals surface area contributed by atoms with Gasteiger partial charge in [0, 0.05) is 6.04 Å². The summed E-state index contributed by atoms with van der Waals surface area (Å²) >= 11 is 1.75. The van der Waals surface area contributed by atoms with Gasteiger partial charge in [-0.3, -0.25) is 0 Å². The lowest BCUT2D eigenvalue weighted by atomic mass is 9.98. The van der Waals surface area contributed by atoms with Crippen LogP contribution in [0.25, 0.3) is 0 Å². The second-order valence-corrected chi connectivity index (χ2v) is 4.03. The third-order valence-corrected chi connectivity index (χ3v) is 2.18. The third kappa shape index (κ3) is 6.94. The van der Waals surface area contributed by atoms with Crippen LogP contribution in [0.3, 0.4) is 0 Å². The van der Waals surface area contributed by atoms with Gasteiger partial charge in [-0.1, -0.05) is 0 Å². The molecule has 0 aromatic carbocycles. The van der Waals surface area contributed by atoms with Gasteiger partial charge >= 0.3 is 0 Å². The Labute approximate surface area is 79.3 Å². The molecule has 0 unspecified atom stereocenters. The van der Waals surface area contributed by atoms with Crippen LogP contribution in [0.15, 0.2) is 0 Å². The molecule has 0 aromatic heterocycles. The van der Waals surface area contributed by atoms with Crippen molar-refractivity contribution >= 4 is 24.2 Å². The van der Waals surface area contributed by atoms with Crippen LogP contribution in [0.1, 0.15) is 20.3 Å². The molecule has 1 atom stereocenters. The number of halogens is 1. The lowest BCUT2D eigenvalue weighted by Gasteiger charge is -2.25. The summed E-state index contributed by atoms with van der Waals surface area (Å²) in [4.78, 5) is 0. The first-order chi connectivity index (χ1) is 4.48. The average Bonchev–Trinajstić information content (AvgIpc) is 1.80. The maximum atomic E-state index is 9.38. The molecular weight excluding hydrogens is 182 g/mol. The number of thioether (sulfide) groups is 1. The van der Waals surface area contributed by atoms with Crippen LogP contribution in [-0.4, -0.2) is 28.8 Å². The van der Waals surface area contributed by atoms with Gasteiger partial charge in [0.2, 0.25) is 0 Å². The molecule has 0 fully saturated rings. The van der Waals surface area contributed by atoms with E-state index in [4.69, 9.17) is 5.73 Å². The summed E-state index contributed by atoms with van der Waals surface area (Å²) in [6.07, 6.45) is 2.92. The quantitative estimate of drug-likeness (QED) is 0.717. The fourth-order valence-electron chi connectivity index (χ4n) is 0.598. The van der Waals surface area contributed by atoms with Crippen LogP contribution in [0.2, 0.25) is 0 Å². The van der Waals surface area contributed by atoms with Crippen molar-refractivity contribution < 1.29 is 5.11 Å². The molecule has 4 heteroatoms. The standard InChI is InChI=1S/C7H17NOS.ClH/c1-7(2,9)6(8)4-5-10-3;/h6,9H,4-5,8H2,1-3H3;1H/t6-;/m1./s1. The SMILES string of the molecule is CSCC[C@@H](N)C(C)(C)O.Cl. The van der Waals surface area contributed by atoms with Crippen molar-refractivity contribution in [1.29, 1.82) is 0 Å². The first-order valence-corrected chi connectivity index (χ1v) is 4.84. The molecular formula is C7H18ClNOS. The van der Waals surface area contributed by atoms with Crippen LogP contribution in [0, 0.1) is 0 Å². The molecule has 0 amide bonds. The minimum Gasteiger partial charge on any atom is -0.389 e. The summed E-state index contributed by atoms with van der Waals surface area (Å²) in [7, 11) is 0. The zero-order valence-electron chi connectivity index (χ0n) is 7.33. The van der Waals surface area contributed by atoms with Gasteiger partial charge in [-0.25, -0.2) is 0 Å². The Morgan fingerprint density at radius 3 is 2.27 bits per heavy atom. The van der Waals surface area contributed by atoms with Crippen molar-refractivity contribution in [2.75, 3.05) is 12.0 Å². The molecule has 0 rings (SSSR count). The van der Waals surface area contributed by atoms with Gasteiger partial charge in [-0.2, -0.15) is 11.8 Å². The average molecular weight is 200 g/mol. The van der Waals surface area contributed by atoms with Crippen molar-refractivity contribution in [3.05, 3.63) is 0 Å². The van der Waals surface area contributed by atoms with Crippen LogP contribution in [-0.2, 0) is 0 Å². The van der Waals surface area contributed by atoms with E-state index >= 15 is 0 Å². The highest BCUT2D eigenvalue weighted by molar-refractivity contribution is 7.98. The first kappa shape index (κ1) is 14.1. The molecule has 0 spiro atoms. The maximum absolute atomic E-state index is 9.38. The van der Waals surface area contributed by atoms with E-state index in [-0.39, 0.29) is 18.4 Å².